The summed E-state index contributed by atoms with van der Waals surface area (Å²) in [4.78, 5) is 9.11. The van der Waals surface area contributed by atoms with Gasteiger partial charge in [-0.2, -0.15) is 0 Å². The molecule has 0 unspecified atom stereocenters. The van der Waals surface area contributed by atoms with Crippen LogP contribution in [0.2, 0.25) is 0 Å². The van der Waals surface area contributed by atoms with Gasteiger partial charge >= 0.3 is 0 Å². The van der Waals surface area contributed by atoms with Crippen LogP contribution < -0.4 is 4.90 Å². The monoisotopic (exact) mass is 247 g/mol. The lowest BCUT2D eigenvalue weighted by Gasteiger charge is -2.33. The van der Waals surface area contributed by atoms with Gasteiger partial charge in [-0.15, -0.1) is 0 Å². The quantitative estimate of drug-likeness (QED) is 0.831. The Morgan fingerprint density at radius 2 is 2.06 bits per heavy atom. The van der Waals surface area contributed by atoms with E-state index < -0.39 is 0 Å². The molecule has 0 spiro atoms. The number of hydrogen-bond acceptors (Lipinski definition) is 4. The molecule has 4 nitrogen and oxygen atoms in total. The van der Waals surface area contributed by atoms with E-state index in [0.29, 0.717) is 5.69 Å². The van der Waals surface area contributed by atoms with Crippen LogP contribution in [0.1, 0.15) is 19.0 Å². The Kier molecular flexibility index (Phi) is 4.20. The lowest BCUT2D eigenvalue weighted by atomic mass is 10.2. The fraction of sp³-hybridized carbons (Fsp3) is 0.500. The van der Waals surface area contributed by atoms with E-state index in [2.05, 4.69) is 21.8 Å². The number of likely N-dealkylation sites (N-methyl/N-ethyl adjacent to an activating group) is 1. The zero-order valence-electron chi connectivity index (χ0n) is 11.1. The molecule has 1 aliphatic heterocycles. The van der Waals surface area contributed by atoms with Crippen LogP contribution in [-0.4, -0.2) is 48.2 Å². The average molecular weight is 247 g/mol. The molecule has 98 valence electrons. The van der Waals surface area contributed by atoms with E-state index in [0.717, 1.165) is 38.4 Å². The van der Waals surface area contributed by atoms with Crippen molar-refractivity contribution in [2.24, 2.45) is 0 Å². The Morgan fingerprint density at radius 3 is 2.72 bits per heavy atom. The Balaban J connectivity index is 2.14. The maximum absolute atomic E-state index is 9.86. The van der Waals surface area contributed by atoms with Gasteiger partial charge in [0.1, 0.15) is 17.3 Å². The second kappa shape index (κ2) is 5.87. The van der Waals surface area contributed by atoms with E-state index in [1.165, 1.54) is 0 Å². The number of aliphatic hydroxyl groups excluding tert-OH is 1. The van der Waals surface area contributed by atoms with Crippen molar-refractivity contribution in [2.75, 3.05) is 38.1 Å². The van der Waals surface area contributed by atoms with Gasteiger partial charge in [0.05, 0.1) is 0 Å². The van der Waals surface area contributed by atoms with Gasteiger partial charge < -0.3 is 14.9 Å². The fourth-order valence-corrected chi connectivity index (χ4v) is 2.08. The largest absolute Gasteiger partial charge is 0.506 e. The molecule has 2 heterocycles. The van der Waals surface area contributed by atoms with Crippen LogP contribution in [-0.2, 0) is 0 Å². The first-order chi connectivity index (χ1) is 8.70. The molecule has 1 aromatic rings. The lowest BCUT2D eigenvalue weighted by Crippen LogP contribution is -2.44. The normalized spacial score (nSPS) is 18.1. The highest BCUT2D eigenvalue weighted by Gasteiger charge is 2.15. The third kappa shape index (κ3) is 3.01. The van der Waals surface area contributed by atoms with Crippen molar-refractivity contribution >= 4 is 11.6 Å². The van der Waals surface area contributed by atoms with E-state index in [1.54, 1.807) is 6.08 Å². The number of rotatable bonds is 3. The molecule has 0 bridgehead atoms. The predicted molar refractivity (Wildman–Crippen MR) is 74.8 cm³/mol. The van der Waals surface area contributed by atoms with Gasteiger partial charge in [0.25, 0.3) is 0 Å². The van der Waals surface area contributed by atoms with Crippen LogP contribution in [0.25, 0.3) is 5.76 Å². The van der Waals surface area contributed by atoms with E-state index in [-0.39, 0.29) is 5.76 Å². The number of aromatic nitrogens is 1. The number of aliphatic hydroxyl groups is 1. The van der Waals surface area contributed by atoms with Crippen LogP contribution in [0.4, 0.5) is 5.82 Å². The summed E-state index contributed by atoms with van der Waals surface area (Å²) in [6.45, 7) is 6.10. The Labute approximate surface area is 109 Å². The van der Waals surface area contributed by atoms with Crippen LogP contribution in [0.3, 0.4) is 0 Å². The van der Waals surface area contributed by atoms with Crippen molar-refractivity contribution in [3.05, 3.63) is 30.0 Å². The highest BCUT2D eigenvalue weighted by molar-refractivity contribution is 5.57. The van der Waals surface area contributed by atoms with Crippen molar-refractivity contribution in [3.63, 3.8) is 0 Å². The van der Waals surface area contributed by atoms with Gasteiger partial charge in [0.2, 0.25) is 0 Å². The highest BCUT2D eigenvalue weighted by Crippen LogP contribution is 2.17. The summed E-state index contributed by atoms with van der Waals surface area (Å²) >= 11 is 0. The van der Waals surface area contributed by atoms with Crippen molar-refractivity contribution in [1.82, 2.24) is 9.88 Å². The summed E-state index contributed by atoms with van der Waals surface area (Å²) < 4.78 is 0. The zero-order valence-corrected chi connectivity index (χ0v) is 11.1. The number of anilines is 1. The molecule has 0 aromatic carbocycles. The molecule has 0 amide bonds. The highest BCUT2D eigenvalue weighted by atomic mass is 16.3. The molecule has 1 fully saturated rings. The van der Waals surface area contributed by atoms with Gasteiger partial charge in [0, 0.05) is 26.2 Å². The summed E-state index contributed by atoms with van der Waals surface area (Å²) in [5.74, 6) is 1.23. The molecule has 18 heavy (non-hydrogen) atoms. The number of allylic oxidation sites excluding steroid dienone is 1. The summed E-state index contributed by atoms with van der Waals surface area (Å²) in [7, 11) is 2.14. The molecule has 4 heteroatoms. The van der Waals surface area contributed by atoms with Crippen molar-refractivity contribution < 1.29 is 5.11 Å². The maximum atomic E-state index is 9.86. The summed E-state index contributed by atoms with van der Waals surface area (Å²) in [5.41, 5.74) is 0.660. The van der Waals surface area contributed by atoms with Gasteiger partial charge in [0.15, 0.2) is 0 Å². The van der Waals surface area contributed by atoms with Crippen molar-refractivity contribution in [3.8, 4) is 0 Å². The third-order valence-electron chi connectivity index (χ3n) is 3.22. The molecule has 1 aliphatic rings. The van der Waals surface area contributed by atoms with Gasteiger partial charge in [-0.1, -0.05) is 13.0 Å². The number of hydrogen-bond donors (Lipinski definition) is 1. The average Bonchev–Trinajstić information content (AvgIpc) is 2.40. The molecular weight excluding hydrogens is 226 g/mol. The standard InChI is InChI=1S/C14H21N3O/c1-3-5-13(18)12-6-4-7-14(15-12)17-10-8-16(2)9-11-17/h4-7,18H,3,8-11H2,1-2H3/b13-5+. The number of pyridine rings is 1. The second-order valence-corrected chi connectivity index (χ2v) is 4.67. The van der Waals surface area contributed by atoms with E-state index in [1.807, 2.05) is 25.1 Å². The molecule has 0 radical (unpaired) electrons. The van der Waals surface area contributed by atoms with Crippen LogP contribution in [0.15, 0.2) is 24.3 Å². The maximum Gasteiger partial charge on any atom is 0.137 e. The fourth-order valence-electron chi connectivity index (χ4n) is 2.08. The molecule has 1 N–H and O–H groups in total. The second-order valence-electron chi connectivity index (χ2n) is 4.67. The number of piperazine rings is 1. The van der Waals surface area contributed by atoms with E-state index in [9.17, 15) is 5.11 Å². The molecule has 2 rings (SSSR count). The molecule has 0 aliphatic carbocycles. The van der Waals surface area contributed by atoms with Gasteiger partial charge in [-0.05, 0) is 31.7 Å². The number of nitrogens with zero attached hydrogens (tertiary/aromatic N) is 3. The minimum atomic E-state index is 0.272. The molecule has 0 atom stereocenters. The van der Waals surface area contributed by atoms with Crippen LogP contribution in [0.5, 0.6) is 0 Å². The van der Waals surface area contributed by atoms with Crippen molar-refractivity contribution in [1.29, 1.82) is 0 Å². The first-order valence-corrected chi connectivity index (χ1v) is 6.50. The van der Waals surface area contributed by atoms with E-state index >= 15 is 0 Å². The van der Waals surface area contributed by atoms with Crippen molar-refractivity contribution in [2.45, 2.75) is 13.3 Å². The molecule has 0 saturated carbocycles. The summed E-state index contributed by atoms with van der Waals surface area (Å²) in [6.07, 6.45) is 2.60. The van der Waals surface area contributed by atoms with Gasteiger partial charge in [-0.3, -0.25) is 0 Å². The predicted octanol–water partition coefficient (Wildman–Crippen LogP) is 2.14. The van der Waals surface area contributed by atoms with Gasteiger partial charge in [-0.25, -0.2) is 4.98 Å². The Bertz CT molecular complexity index is 423. The minimum absolute atomic E-state index is 0.272. The van der Waals surface area contributed by atoms with E-state index in [4.69, 9.17) is 0 Å². The first kappa shape index (κ1) is 12.9. The third-order valence-corrected chi connectivity index (χ3v) is 3.22. The van der Waals surface area contributed by atoms with Crippen LogP contribution >= 0.6 is 0 Å². The smallest absolute Gasteiger partial charge is 0.137 e. The zero-order chi connectivity index (χ0) is 13.0. The topological polar surface area (TPSA) is 39.6 Å². The summed E-state index contributed by atoms with van der Waals surface area (Å²) in [6, 6.07) is 5.81. The Hall–Kier alpha value is -1.55. The molecular formula is C14H21N3O. The Morgan fingerprint density at radius 1 is 1.33 bits per heavy atom. The molecule has 1 saturated heterocycles. The van der Waals surface area contributed by atoms with Crippen LogP contribution in [0, 0.1) is 0 Å². The SMILES string of the molecule is CC/C=C(/O)c1cccc(N2CCN(C)CC2)n1. The summed E-state index contributed by atoms with van der Waals surface area (Å²) in [5, 5.41) is 9.86. The first-order valence-electron chi connectivity index (χ1n) is 6.50. The molecule has 1 aromatic heterocycles. The minimum Gasteiger partial charge on any atom is -0.506 e. The lowest BCUT2D eigenvalue weighted by molar-refractivity contribution is 0.312.